The van der Waals surface area contributed by atoms with E-state index in [9.17, 15) is 17.6 Å². The SMILES string of the molecule is Fc1cc(C(F)(F)F)cnc1N1CCN(c2ncnc3[nH]ncc23)CC1. The van der Waals surface area contributed by atoms with Crippen LogP contribution in [0.25, 0.3) is 11.0 Å². The van der Waals surface area contributed by atoms with Crippen LogP contribution >= 0.6 is 0 Å². The van der Waals surface area contributed by atoms with E-state index in [0.29, 0.717) is 49.9 Å². The second-order valence-corrected chi connectivity index (χ2v) is 5.83. The Hall–Kier alpha value is -2.98. The summed E-state index contributed by atoms with van der Waals surface area (Å²) >= 11 is 0. The van der Waals surface area contributed by atoms with Crippen LogP contribution in [0.4, 0.5) is 29.2 Å². The van der Waals surface area contributed by atoms with E-state index >= 15 is 0 Å². The van der Waals surface area contributed by atoms with Crippen molar-refractivity contribution >= 4 is 22.7 Å². The lowest BCUT2D eigenvalue weighted by atomic mass is 10.2. The zero-order chi connectivity index (χ0) is 18.3. The van der Waals surface area contributed by atoms with Gasteiger partial charge in [0.2, 0.25) is 0 Å². The molecular weight excluding hydrogens is 354 g/mol. The molecule has 0 aromatic carbocycles. The number of alkyl halides is 3. The van der Waals surface area contributed by atoms with E-state index in [1.807, 2.05) is 4.90 Å². The molecule has 1 N–H and O–H groups in total. The van der Waals surface area contributed by atoms with Crippen LogP contribution in [0.2, 0.25) is 0 Å². The molecule has 7 nitrogen and oxygen atoms in total. The van der Waals surface area contributed by atoms with Crippen LogP contribution in [-0.4, -0.2) is 51.3 Å². The molecule has 136 valence electrons. The normalized spacial score (nSPS) is 15.7. The topological polar surface area (TPSA) is 73.8 Å². The summed E-state index contributed by atoms with van der Waals surface area (Å²) in [5.41, 5.74) is -0.478. The smallest absolute Gasteiger partial charge is 0.352 e. The van der Waals surface area contributed by atoms with Gasteiger partial charge in [0.15, 0.2) is 17.3 Å². The van der Waals surface area contributed by atoms with Crippen molar-refractivity contribution in [2.24, 2.45) is 0 Å². The summed E-state index contributed by atoms with van der Waals surface area (Å²) < 4.78 is 52.0. The highest BCUT2D eigenvalue weighted by Gasteiger charge is 2.33. The Morgan fingerprint density at radius 3 is 2.27 bits per heavy atom. The maximum absolute atomic E-state index is 14.1. The fraction of sp³-hybridized carbons (Fsp3) is 0.333. The first-order valence-electron chi connectivity index (χ1n) is 7.80. The number of pyridine rings is 1. The third-order valence-electron chi connectivity index (χ3n) is 4.25. The lowest BCUT2D eigenvalue weighted by Crippen LogP contribution is -2.47. The quantitative estimate of drug-likeness (QED) is 0.701. The molecule has 26 heavy (non-hydrogen) atoms. The molecule has 3 aromatic rings. The minimum absolute atomic E-state index is 0.0752. The van der Waals surface area contributed by atoms with Crippen LogP contribution in [0.3, 0.4) is 0 Å². The first kappa shape index (κ1) is 16.5. The molecule has 1 fully saturated rings. The third-order valence-corrected chi connectivity index (χ3v) is 4.25. The van der Waals surface area contributed by atoms with Gasteiger partial charge in [0.05, 0.1) is 17.1 Å². The highest BCUT2D eigenvalue weighted by Crippen LogP contribution is 2.31. The molecular formula is C15H13F4N7. The van der Waals surface area contributed by atoms with Gasteiger partial charge in [-0.1, -0.05) is 0 Å². The predicted octanol–water partition coefficient (Wildman–Crippen LogP) is 2.23. The molecule has 1 aliphatic heterocycles. The number of nitrogens with zero attached hydrogens (tertiary/aromatic N) is 6. The van der Waals surface area contributed by atoms with Crippen molar-refractivity contribution in [2.45, 2.75) is 6.18 Å². The van der Waals surface area contributed by atoms with Gasteiger partial charge in [-0.3, -0.25) is 5.10 Å². The monoisotopic (exact) mass is 367 g/mol. The molecule has 11 heteroatoms. The molecule has 3 aromatic heterocycles. The standard InChI is InChI=1S/C15H13F4N7/c16-11-5-9(15(17,18)19)6-20-14(11)26-3-1-25(2-4-26)13-10-7-23-24-12(10)21-8-22-13/h5-8H,1-4H2,(H,21,22,23,24). The number of piperazine rings is 1. The number of H-pyrrole nitrogens is 1. The minimum Gasteiger partial charge on any atom is -0.352 e. The zero-order valence-corrected chi connectivity index (χ0v) is 13.3. The second kappa shape index (κ2) is 6.07. The molecule has 0 atom stereocenters. The van der Waals surface area contributed by atoms with Crippen molar-refractivity contribution in [3.63, 3.8) is 0 Å². The van der Waals surface area contributed by atoms with E-state index in [4.69, 9.17) is 0 Å². The van der Waals surface area contributed by atoms with Gasteiger partial charge >= 0.3 is 6.18 Å². The number of hydrogen-bond acceptors (Lipinski definition) is 6. The largest absolute Gasteiger partial charge is 0.417 e. The Bertz CT molecular complexity index is 931. The van der Waals surface area contributed by atoms with Crippen molar-refractivity contribution in [1.82, 2.24) is 25.1 Å². The molecule has 1 aliphatic rings. The lowest BCUT2D eigenvalue weighted by molar-refractivity contribution is -0.138. The highest BCUT2D eigenvalue weighted by atomic mass is 19.4. The van der Waals surface area contributed by atoms with Gasteiger partial charge in [0, 0.05) is 32.4 Å². The van der Waals surface area contributed by atoms with E-state index in [0.717, 1.165) is 5.39 Å². The van der Waals surface area contributed by atoms with Crippen molar-refractivity contribution in [1.29, 1.82) is 0 Å². The molecule has 1 saturated heterocycles. The summed E-state index contributed by atoms with van der Waals surface area (Å²) in [5.74, 6) is -0.342. The van der Waals surface area contributed by atoms with Gasteiger partial charge in [-0.25, -0.2) is 19.3 Å². The first-order valence-corrected chi connectivity index (χ1v) is 7.80. The maximum Gasteiger partial charge on any atom is 0.417 e. The Morgan fingerprint density at radius 1 is 0.923 bits per heavy atom. The highest BCUT2D eigenvalue weighted by molar-refractivity contribution is 5.86. The van der Waals surface area contributed by atoms with Gasteiger partial charge < -0.3 is 9.80 Å². The molecule has 0 aliphatic carbocycles. The van der Waals surface area contributed by atoms with Crippen LogP contribution in [0.5, 0.6) is 0 Å². The Kier molecular flexibility index (Phi) is 3.85. The number of fused-ring (bicyclic) bond motifs is 1. The Balaban J connectivity index is 1.51. The molecule has 4 heterocycles. The van der Waals surface area contributed by atoms with Crippen LogP contribution in [0, 0.1) is 5.82 Å². The maximum atomic E-state index is 14.1. The summed E-state index contributed by atoms with van der Waals surface area (Å²) in [6, 6.07) is 0.480. The fourth-order valence-electron chi connectivity index (χ4n) is 2.95. The average Bonchev–Trinajstić information content (AvgIpc) is 3.10. The van der Waals surface area contributed by atoms with Crippen molar-refractivity contribution < 1.29 is 17.6 Å². The van der Waals surface area contributed by atoms with Crippen LogP contribution < -0.4 is 9.80 Å². The number of aromatic amines is 1. The first-order chi connectivity index (χ1) is 12.4. The molecule has 0 unspecified atom stereocenters. The summed E-state index contributed by atoms with van der Waals surface area (Å²) in [6.45, 7) is 1.83. The van der Waals surface area contributed by atoms with E-state index in [-0.39, 0.29) is 5.82 Å². The zero-order valence-electron chi connectivity index (χ0n) is 13.3. The minimum atomic E-state index is -4.62. The number of halogens is 4. The third kappa shape index (κ3) is 2.89. The predicted molar refractivity (Wildman–Crippen MR) is 85.3 cm³/mol. The summed E-state index contributed by atoms with van der Waals surface area (Å²) in [6.07, 6.45) is -0.897. The fourth-order valence-corrected chi connectivity index (χ4v) is 2.95. The van der Waals surface area contributed by atoms with Gasteiger partial charge in [-0.05, 0) is 6.07 Å². The number of aromatic nitrogens is 5. The molecule has 0 amide bonds. The molecule has 0 saturated carbocycles. The Morgan fingerprint density at radius 2 is 1.62 bits per heavy atom. The van der Waals surface area contributed by atoms with Crippen molar-refractivity contribution in [3.05, 3.63) is 36.2 Å². The molecule has 4 rings (SSSR count). The van der Waals surface area contributed by atoms with Gasteiger partial charge in [-0.2, -0.15) is 18.3 Å². The van der Waals surface area contributed by atoms with E-state index < -0.39 is 17.6 Å². The lowest BCUT2D eigenvalue weighted by Gasteiger charge is -2.36. The Labute approximate surface area is 144 Å². The van der Waals surface area contributed by atoms with Crippen LogP contribution in [-0.2, 0) is 6.18 Å². The average molecular weight is 367 g/mol. The summed E-state index contributed by atoms with van der Waals surface area (Å²) in [4.78, 5) is 15.7. The summed E-state index contributed by atoms with van der Waals surface area (Å²) in [5, 5.41) is 7.49. The van der Waals surface area contributed by atoms with Crippen LogP contribution in [0.1, 0.15) is 5.56 Å². The number of rotatable bonds is 2. The second-order valence-electron chi connectivity index (χ2n) is 5.83. The molecule has 0 radical (unpaired) electrons. The van der Waals surface area contributed by atoms with E-state index in [1.165, 1.54) is 6.33 Å². The molecule has 0 bridgehead atoms. The van der Waals surface area contributed by atoms with Crippen molar-refractivity contribution in [3.8, 4) is 0 Å². The summed E-state index contributed by atoms with van der Waals surface area (Å²) in [7, 11) is 0. The molecule has 0 spiro atoms. The van der Waals surface area contributed by atoms with Gasteiger partial charge in [0.1, 0.15) is 12.1 Å². The van der Waals surface area contributed by atoms with Gasteiger partial charge in [-0.15, -0.1) is 0 Å². The van der Waals surface area contributed by atoms with Gasteiger partial charge in [0.25, 0.3) is 0 Å². The number of nitrogens with one attached hydrogen (secondary N) is 1. The van der Waals surface area contributed by atoms with E-state index in [2.05, 4.69) is 25.1 Å². The van der Waals surface area contributed by atoms with E-state index in [1.54, 1.807) is 11.1 Å². The number of hydrogen-bond donors (Lipinski definition) is 1. The number of anilines is 2. The van der Waals surface area contributed by atoms with Crippen molar-refractivity contribution in [2.75, 3.05) is 36.0 Å². The van der Waals surface area contributed by atoms with Crippen LogP contribution in [0.15, 0.2) is 24.8 Å².